The molecule has 1 aliphatic carbocycles. The molecule has 0 aromatic heterocycles. The molecule has 0 aromatic rings. The second-order valence-corrected chi connectivity index (χ2v) is 7.13. The number of hydrogen-bond donors (Lipinski definition) is 0. The molecule has 1 saturated carbocycles. The first-order chi connectivity index (χ1) is 8.55. The largest absolute Gasteiger partial charge is 0.299 e. The Hall–Kier alpha value is -0.550. The van der Waals surface area contributed by atoms with Gasteiger partial charge in [-0.15, -0.1) is 0 Å². The van der Waals surface area contributed by atoms with Gasteiger partial charge in [-0.05, 0) is 50.0 Å². The highest BCUT2D eigenvalue weighted by Gasteiger charge is 2.37. The van der Waals surface area contributed by atoms with Crippen molar-refractivity contribution in [2.75, 3.05) is 13.1 Å². The van der Waals surface area contributed by atoms with Crippen LogP contribution in [0.25, 0.3) is 0 Å². The number of piperidine rings is 1. The van der Waals surface area contributed by atoms with E-state index < -0.39 is 0 Å². The molecule has 0 N–H and O–H groups in total. The van der Waals surface area contributed by atoms with Crippen molar-refractivity contribution in [3.8, 4) is 6.07 Å². The zero-order valence-electron chi connectivity index (χ0n) is 12.3. The fourth-order valence-electron chi connectivity index (χ4n) is 3.91. The van der Waals surface area contributed by atoms with Gasteiger partial charge in [0.05, 0.1) is 12.0 Å². The molecule has 0 bridgehead atoms. The number of likely N-dealkylation sites (tertiary alicyclic amines) is 1. The van der Waals surface area contributed by atoms with Crippen molar-refractivity contribution >= 4 is 0 Å². The molecule has 2 heteroatoms. The van der Waals surface area contributed by atoms with Crippen molar-refractivity contribution in [3.63, 3.8) is 0 Å². The van der Waals surface area contributed by atoms with Crippen LogP contribution in [-0.4, -0.2) is 24.0 Å². The number of hydrogen-bond acceptors (Lipinski definition) is 2. The van der Waals surface area contributed by atoms with E-state index in [2.05, 4.69) is 31.7 Å². The van der Waals surface area contributed by atoms with Crippen molar-refractivity contribution in [2.45, 2.75) is 65.3 Å². The Morgan fingerprint density at radius 1 is 1.33 bits per heavy atom. The maximum absolute atomic E-state index is 9.40. The second-order valence-electron chi connectivity index (χ2n) is 7.13. The third-order valence-electron chi connectivity index (χ3n) is 5.07. The molecule has 3 atom stereocenters. The van der Waals surface area contributed by atoms with E-state index in [4.69, 9.17) is 0 Å². The molecule has 18 heavy (non-hydrogen) atoms. The first-order valence-corrected chi connectivity index (χ1v) is 7.69. The Morgan fingerprint density at radius 3 is 2.72 bits per heavy atom. The first kappa shape index (κ1) is 13.9. The van der Waals surface area contributed by atoms with Crippen LogP contribution in [0.15, 0.2) is 0 Å². The Labute approximate surface area is 112 Å². The molecule has 0 radical (unpaired) electrons. The van der Waals surface area contributed by atoms with E-state index in [1.807, 2.05) is 0 Å². The first-order valence-electron chi connectivity index (χ1n) is 7.69. The van der Waals surface area contributed by atoms with Gasteiger partial charge in [0.2, 0.25) is 0 Å². The van der Waals surface area contributed by atoms with Gasteiger partial charge in [0.1, 0.15) is 0 Å². The third kappa shape index (κ3) is 3.06. The molecule has 3 unspecified atom stereocenters. The molecular formula is C16H28N2. The van der Waals surface area contributed by atoms with Crippen LogP contribution in [0.5, 0.6) is 0 Å². The van der Waals surface area contributed by atoms with Gasteiger partial charge in [0.25, 0.3) is 0 Å². The van der Waals surface area contributed by atoms with Gasteiger partial charge in [-0.2, -0.15) is 5.26 Å². The predicted octanol–water partition coefficient (Wildman–Crippen LogP) is 3.83. The summed E-state index contributed by atoms with van der Waals surface area (Å²) < 4.78 is 0. The van der Waals surface area contributed by atoms with Gasteiger partial charge < -0.3 is 0 Å². The monoisotopic (exact) mass is 248 g/mol. The highest BCUT2D eigenvalue weighted by molar-refractivity contribution is 4.99. The van der Waals surface area contributed by atoms with Crippen LogP contribution in [0.3, 0.4) is 0 Å². The van der Waals surface area contributed by atoms with Gasteiger partial charge in [0.15, 0.2) is 0 Å². The lowest BCUT2D eigenvalue weighted by atomic mass is 9.75. The minimum Gasteiger partial charge on any atom is -0.299 e. The zero-order chi connectivity index (χ0) is 13.2. The molecule has 1 saturated heterocycles. The van der Waals surface area contributed by atoms with Crippen molar-refractivity contribution < 1.29 is 0 Å². The van der Waals surface area contributed by atoms with E-state index in [0.29, 0.717) is 11.5 Å². The van der Waals surface area contributed by atoms with E-state index in [1.54, 1.807) is 0 Å². The molecule has 0 spiro atoms. The molecule has 102 valence electrons. The Kier molecular flexibility index (Phi) is 4.33. The Morgan fingerprint density at radius 2 is 2.11 bits per heavy atom. The molecule has 0 aromatic carbocycles. The highest BCUT2D eigenvalue weighted by Crippen LogP contribution is 2.37. The van der Waals surface area contributed by atoms with Gasteiger partial charge in [-0.25, -0.2) is 0 Å². The Bertz CT molecular complexity index is 316. The minimum atomic E-state index is 0.279. The smallest absolute Gasteiger partial charge is 0.0672 e. The summed E-state index contributed by atoms with van der Waals surface area (Å²) in [6, 6.07) is 3.12. The number of nitrogens with zero attached hydrogens (tertiary/aromatic N) is 2. The average molecular weight is 248 g/mol. The van der Waals surface area contributed by atoms with E-state index in [9.17, 15) is 5.26 Å². The van der Waals surface area contributed by atoms with Crippen LogP contribution in [0.2, 0.25) is 0 Å². The SMILES string of the molecule is CCC1CCC(C#N)C(N2CCCC(C)(C)C2)C1. The number of nitriles is 1. The van der Waals surface area contributed by atoms with Crippen molar-refractivity contribution in [1.82, 2.24) is 4.90 Å². The van der Waals surface area contributed by atoms with E-state index in [1.165, 1.54) is 45.2 Å². The third-order valence-corrected chi connectivity index (χ3v) is 5.07. The van der Waals surface area contributed by atoms with Crippen LogP contribution in [0.4, 0.5) is 0 Å². The van der Waals surface area contributed by atoms with Crippen LogP contribution >= 0.6 is 0 Å². The van der Waals surface area contributed by atoms with Crippen molar-refractivity contribution in [3.05, 3.63) is 0 Å². The molecule has 2 nitrogen and oxygen atoms in total. The normalized spacial score (nSPS) is 37.1. The van der Waals surface area contributed by atoms with Gasteiger partial charge in [-0.1, -0.05) is 27.2 Å². The zero-order valence-corrected chi connectivity index (χ0v) is 12.3. The van der Waals surface area contributed by atoms with Crippen LogP contribution in [-0.2, 0) is 0 Å². The molecular weight excluding hydrogens is 220 g/mol. The van der Waals surface area contributed by atoms with E-state index in [0.717, 1.165) is 12.3 Å². The summed E-state index contributed by atoms with van der Waals surface area (Å²) in [5.41, 5.74) is 0.442. The molecule has 0 amide bonds. The summed E-state index contributed by atoms with van der Waals surface area (Å²) in [5.74, 6) is 1.13. The van der Waals surface area contributed by atoms with Crippen molar-refractivity contribution in [1.29, 1.82) is 5.26 Å². The lowest BCUT2D eigenvalue weighted by Crippen LogP contribution is -2.50. The standard InChI is InChI=1S/C16H28N2/c1-4-13-6-7-14(11-17)15(10-13)18-9-5-8-16(2,3)12-18/h13-15H,4-10,12H2,1-3H3. The van der Waals surface area contributed by atoms with E-state index >= 15 is 0 Å². The summed E-state index contributed by atoms with van der Waals surface area (Å²) in [6.45, 7) is 9.45. The van der Waals surface area contributed by atoms with E-state index in [-0.39, 0.29) is 5.92 Å². The summed E-state index contributed by atoms with van der Waals surface area (Å²) in [6.07, 6.45) is 7.57. The van der Waals surface area contributed by atoms with Crippen LogP contribution in [0.1, 0.15) is 59.3 Å². The maximum Gasteiger partial charge on any atom is 0.0672 e. The maximum atomic E-state index is 9.40. The summed E-state index contributed by atoms with van der Waals surface area (Å²) in [7, 11) is 0. The molecule has 1 heterocycles. The fourth-order valence-corrected chi connectivity index (χ4v) is 3.91. The average Bonchev–Trinajstić information content (AvgIpc) is 2.36. The highest BCUT2D eigenvalue weighted by atomic mass is 15.2. The summed E-state index contributed by atoms with van der Waals surface area (Å²) >= 11 is 0. The Balaban J connectivity index is 2.06. The molecule has 2 rings (SSSR count). The quantitative estimate of drug-likeness (QED) is 0.742. The van der Waals surface area contributed by atoms with Crippen LogP contribution < -0.4 is 0 Å². The summed E-state index contributed by atoms with van der Waals surface area (Å²) in [4.78, 5) is 2.64. The van der Waals surface area contributed by atoms with Gasteiger partial charge in [0, 0.05) is 12.6 Å². The summed E-state index contributed by atoms with van der Waals surface area (Å²) in [5, 5.41) is 9.40. The lowest BCUT2D eigenvalue weighted by molar-refractivity contribution is 0.0329. The molecule has 2 fully saturated rings. The fraction of sp³-hybridized carbons (Fsp3) is 0.938. The second kappa shape index (κ2) is 5.61. The topological polar surface area (TPSA) is 27.0 Å². The van der Waals surface area contributed by atoms with Gasteiger partial charge >= 0.3 is 0 Å². The van der Waals surface area contributed by atoms with Gasteiger partial charge in [-0.3, -0.25) is 4.90 Å². The van der Waals surface area contributed by atoms with Crippen molar-refractivity contribution in [2.24, 2.45) is 17.3 Å². The van der Waals surface area contributed by atoms with Crippen LogP contribution in [0, 0.1) is 28.6 Å². The minimum absolute atomic E-state index is 0.279. The number of rotatable bonds is 2. The molecule has 1 aliphatic heterocycles. The predicted molar refractivity (Wildman–Crippen MR) is 75.1 cm³/mol. The molecule has 2 aliphatic rings. The lowest BCUT2D eigenvalue weighted by Gasteiger charge is -2.46.